The van der Waals surface area contributed by atoms with Crippen LogP contribution in [0.2, 0.25) is 0 Å². The number of hydrogen-bond donors (Lipinski definition) is 4. The minimum atomic E-state index is -4.27. The molecule has 0 spiro atoms. The van der Waals surface area contributed by atoms with Crippen LogP contribution in [0.3, 0.4) is 0 Å². The maximum absolute atomic E-state index is 13.7. The number of ether oxygens (including phenoxy) is 3. The van der Waals surface area contributed by atoms with Crippen LogP contribution in [0.4, 0.5) is 5.82 Å². The molecule has 14 nitrogen and oxygen atoms in total. The van der Waals surface area contributed by atoms with Crippen molar-refractivity contribution in [3.05, 3.63) is 53.1 Å². The number of nitrogens with one attached hydrogen (secondary N) is 1. The average molecular weight is 557 g/mol. The van der Waals surface area contributed by atoms with Gasteiger partial charge in [-0.15, -0.1) is 0 Å². The van der Waals surface area contributed by atoms with Crippen LogP contribution in [0.15, 0.2) is 47.4 Å². The van der Waals surface area contributed by atoms with Crippen molar-refractivity contribution in [1.29, 1.82) is 0 Å². The zero-order valence-electron chi connectivity index (χ0n) is 21.3. The average Bonchev–Trinajstić information content (AvgIpc) is 3.09. The highest BCUT2D eigenvalue weighted by atomic mass is 31.2. The van der Waals surface area contributed by atoms with Gasteiger partial charge in [0.05, 0.1) is 13.2 Å². The number of nitrogens with zero attached hydrogens (tertiary/aromatic N) is 2. The monoisotopic (exact) mass is 556 g/mol. The minimum absolute atomic E-state index is 0.0271. The molecule has 5 N–H and O–H groups in total. The highest BCUT2D eigenvalue weighted by Crippen LogP contribution is 2.46. The van der Waals surface area contributed by atoms with Gasteiger partial charge in [0.25, 0.3) is 0 Å². The van der Waals surface area contributed by atoms with E-state index in [4.69, 9.17) is 29.0 Å². The van der Waals surface area contributed by atoms with Crippen LogP contribution in [0, 0.1) is 0 Å². The Hall–Kier alpha value is -2.84. The Bertz CT molecular complexity index is 1180. The van der Waals surface area contributed by atoms with E-state index in [0.29, 0.717) is 13.0 Å². The number of para-hydroxylation sites is 1. The van der Waals surface area contributed by atoms with Gasteiger partial charge in [-0.05, 0) is 32.0 Å². The van der Waals surface area contributed by atoms with E-state index in [-0.39, 0.29) is 18.2 Å². The standard InChI is InChI=1S/C23H33N4O10P/c1-15(20(29)34-13-7-12-33-3)26-38(32,37-16-8-5-4-6-9-16)35-14-17-19(28)23(2,31)21(36-17)27-11-10-18(24)25-22(27)30/h4-6,8-11,15,17,19,21,28,31H,7,12-14H2,1-3H3,(H,26,32)(H2,24,25,30)/t15-,17+,19+,21+,23+,38?/m0/s1. The summed E-state index contributed by atoms with van der Waals surface area (Å²) in [4.78, 5) is 28.3. The normalized spacial score (nSPS) is 25.4. The molecule has 0 aliphatic carbocycles. The smallest absolute Gasteiger partial charge is 0.459 e. The fraction of sp³-hybridized carbons (Fsp3) is 0.522. The molecule has 1 unspecified atom stereocenters. The molecule has 38 heavy (non-hydrogen) atoms. The van der Waals surface area contributed by atoms with Crippen molar-refractivity contribution in [2.45, 2.75) is 50.3 Å². The lowest BCUT2D eigenvalue weighted by molar-refractivity contribution is -0.145. The van der Waals surface area contributed by atoms with Crippen LogP contribution in [0.5, 0.6) is 5.75 Å². The summed E-state index contributed by atoms with van der Waals surface area (Å²) in [6, 6.07) is 8.33. The van der Waals surface area contributed by atoms with Gasteiger partial charge in [0.2, 0.25) is 0 Å². The molecule has 1 aliphatic heterocycles. The summed E-state index contributed by atoms with van der Waals surface area (Å²) in [5.41, 5.74) is 2.77. The van der Waals surface area contributed by atoms with Gasteiger partial charge in [-0.25, -0.2) is 9.36 Å². The maximum atomic E-state index is 13.7. The number of aliphatic hydroxyl groups is 2. The Labute approximate surface area is 219 Å². The van der Waals surface area contributed by atoms with Crippen LogP contribution in [0.1, 0.15) is 26.5 Å². The number of rotatable bonds is 13. The predicted octanol–water partition coefficient (Wildman–Crippen LogP) is 0.596. The maximum Gasteiger partial charge on any atom is 0.459 e. The van der Waals surface area contributed by atoms with Crippen LogP contribution in [0.25, 0.3) is 0 Å². The SMILES string of the molecule is COCCCOC(=O)[C@H](C)NP(=O)(OC[C@H]1O[C@@H](n2ccc(N)nc2=O)[C@](C)(O)[C@@H]1O)Oc1ccccc1. The number of benzene rings is 1. The van der Waals surface area contributed by atoms with E-state index < -0.39 is 56.1 Å². The molecule has 3 rings (SSSR count). The third-order valence-electron chi connectivity index (χ3n) is 5.68. The Morgan fingerprint density at radius 2 is 2.03 bits per heavy atom. The molecule has 0 bridgehead atoms. The Kier molecular flexibility index (Phi) is 10.0. The van der Waals surface area contributed by atoms with E-state index in [1.165, 1.54) is 45.4 Å². The van der Waals surface area contributed by atoms with Crippen molar-refractivity contribution in [3.8, 4) is 5.75 Å². The predicted molar refractivity (Wildman–Crippen MR) is 134 cm³/mol. The fourth-order valence-electron chi connectivity index (χ4n) is 3.65. The minimum Gasteiger partial charge on any atom is -0.464 e. The molecule has 1 aromatic carbocycles. The van der Waals surface area contributed by atoms with Crippen molar-refractivity contribution in [1.82, 2.24) is 14.6 Å². The number of carbonyl (C=O) groups excluding carboxylic acids is 1. The van der Waals surface area contributed by atoms with Gasteiger partial charge in [-0.1, -0.05) is 18.2 Å². The largest absolute Gasteiger partial charge is 0.464 e. The molecule has 2 aromatic rings. The molecule has 210 valence electrons. The first kappa shape index (κ1) is 29.7. The van der Waals surface area contributed by atoms with Gasteiger partial charge in [-0.2, -0.15) is 10.1 Å². The van der Waals surface area contributed by atoms with E-state index in [0.717, 1.165) is 4.57 Å². The second-order valence-corrected chi connectivity index (χ2v) is 10.5. The zero-order valence-corrected chi connectivity index (χ0v) is 22.2. The van der Waals surface area contributed by atoms with E-state index in [1.807, 2.05) is 0 Å². The summed E-state index contributed by atoms with van der Waals surface area (Å²) in [5, 5.41) is 24.2. The van der Waals surface area contributed by atoms with Crippen LogP contribution < -0.4 is 21.0 Å². The molecule has 0 saturated carbocycles. The number of esters is 1. The highest BCUT2D eigenvalue weighted by molar-refractivity contribution is 7.52. The van der Waals surface area contributed by atoms with Gasteiger partial charge in [0, 0.05) is 26.3 Å². The molecule has 1 saturated heterocycles. The molecular weight excluding hydrogens is 523 g/mol. The lowest BCUT2D eigenvalue weighted by Crippen LogP contribution is -2.46. The number of hydrogen-bond acceptors (Lipinski definition) is 12. The van der Waals surface area contributed by atoms with E-state index >= 15 is 0 Å². The molecule has 2 heterocycles. The molecular formula is C23H33N4O10P. The van der Waals surface area contributed by atoms with Gasteiger partial charge in [-0.3, -0.25) is 13.9 Å². The van der Waals surface area contributed by atoms with Crippen molar-refractivity contribution in [2.24, 2.45) is 0 Å². The Morgan fingerprint density at radius 3 is 2.68 bits per heavy atom. The van der Waals surface area contributed by atoms with Crippen molar-refractivity contribution in [2.75, 3.05) is 32.7 Å². The summed E-state index contributed by atoms with van der Waals surface area (Å²) in [6.45, 7) is 2.65. The summed E-state index contributed by atoms with van der Waals surface area (Å²) >= 11 is 0. The topological polar surface area (TPSA) is 194 Å². The van der Waals surface area contributed by atoms with E-state index in [2.05, 4.69) is 10.1 Å². The first-order valence-electron chi connectivity index (χ1n) is 11.8. The molecule has 1 fully saturated rings. The first-order valence-corrected chi connectivity index (χ1v) is 13.3. The van der Waals surface area contributed by atoms with Crippen LogP contribution in [-0.2, 0) is 28.1 Å². The summed E-state index contributed by atoms with van der Waals surface area (Å²) in [7, 11) is -2.74. The van der Waals surface area contributed by atoms with Gasteiger partial charge in [0.1, 0.15) is 35.4 Å². The summed E-state index contributed by atoms with van der Waals surface area (Å²) < 4.78 is 41.6. The lowest BCUT2D eigenvalue weighted by atomic mass is 9.96. The quantitative estimate of drug-likeness (QED) is 0.152. The number of nitrogen functional groups attached to an aromatic ring is 1. The lowest BCUT2D eigenvalue weighted by Gasteiger charge is -2.27. The second kappa shape index (κ2) is 12.8. The number of aromatic nitrogens is 2. The molecule has 0 amide bonds. The molecule has 15 heteroatoms. The molecule has 1 aliphatic rings. The van der Waals surface area contributed by atoms with E-state index in [9.17, 15) is 24.4 Å². The van der Waals surface area contributed by atoms with Gasteiger partial charge in [0.15, 0.2) is 6.23 Å². The first-order chi connectivity index (χ1) is 18.0. The number of anilines is 1. The Morgan fingerprint density at radius 1 is 1.32 bits per heavy atom. The van der Waals surface area contributed by atoms with Crippen molar-refractivity contribution in [3.63, 3.8) is 0 Å². The van der Waals surface area contributed by atoms with Crippen LogP contribution in [-0.4, -0.2) is 76.5 Å². The van der Waals surface area contributed by atoms with Gasteiger partial charge >= 0.3 is 19.4 Å². The molecule has 6 atom stereocenters. The number of aliphatic hydroxyl groups excluding tert-OH is 1. The highest BCUT2D eigenvalue weighted by Gasteiger charge is 2.54. The zero-order chi connectivity index (χ0) is 27.9. The summed E-state index contributed by atoms with van der Waals surface area (Å²) in [6.07, 6.45) is -2.41. The number of carbonyl (C=O) groups is 1. The van der Waals surface area contributed by atoms with E-state index in [1.54, 1.807) is 18.2 Å². The summed E-state index contributed by atoms with van der Waals surface area (Å²) in [5.74, 6) is -0.543. The molecule has 1 aromatic heterocycles. The van der Waals surface area contributed by atoms with Crippen molar-refractivity contribution >= 4 is 19.5 Å². The second-order valence-electron chi connectivity index (χ2n) is 8.80. The van der Waals surface area contributed by atoms with Crippen molar-refractivity contribution < 1.29 is 42.8 Å². The van der Waals surface area contributed by atoms with Gasteiger partial charge < -0.3 is 34.7 Å². The third kappa shape index (κ3) is 7.38. The third-order valence-corrected chi connectivity index (χ3v) is 7.32. The van der Waals surface area contributed by atoms with Crippen LogP contribution >= 0.6 is 7.75 Å². The number of methoxy groups -OCH3 is 1. The number of nitrogens with two attached hydrogens (primary N) is 1. The Balaban J connectivity index is 1.74. The molecule has 0 radical (unpaired) electrons. The fourth-order valence-corrected chi connectivity index (χ4v) is 5.16.